The molecule has 0 bridgehead atoms. The monoisotopic (exact) mass is 325 g/mol. The second-order valence-electron chi connectivity index (χ2n) is 5.84. The third kappa shape index (κ3) is 4.07. The molecule has 0 atom stereocenters. The standard InChI is InChI=1S/C19H23N3O2/c20-17-3-1-2-4-18(17)21-19(14-23)16-7-5-15(6-8-16)13-22-9-11-24-12-10-22/h1-8,14,21,23H,9-13,20H2/b19-14-. The molecule has 126 valence electrons. The molecule has 2 aromatic rings. The van der Waals surface area contributed by atoms with E-state index in [0.29, 0.717) is 11.4 Å². The van der Waals surface area contributed by atoms with Crippen LogP contribution in [0.5, 0.6) is 0 Å². The maximum atomic E-state index is 9.57. The van der Waals surface area contributed by atoms with E-state index in [4.69, 9.17) is 10.5 Å². The topological polar surface area (TPSA) is 70.8 Å². The second-order valence-corrected chi connectivity index (χ2v) is 5.84. The summed E-state index contributed by atoms with van der Waals surface area (Å²) in [5.74, 6) is 0. The highest BCUT2D eigenvalue weighted by Crippen LogP contribution is 2.23. The molecular weight excluding hydrogens is 302 g/mol. The molecule has 0 unspecified atom stereocenters. The Kier molecular flexibility index (Phi) is 5.36. The van der Waals surface area contributed by atoms with Crippen molar-refractivity contribution in [1.82, 2.24) is 4.90 Å². The van der Waals surface area contributed by atoms with Gasteiger partial charge in [0.1, 0.15) is 6.26 Å². The molecule has 1 aliphatic heterocycles. The molecule has 0 aromatic heterocycles. The van der Waals surface area contributed by atoms with E-state index in [1.54, 1.807) is 0 Å². The average Bonchev–Trinajstić information content (AvgIpc) is 2.63. The predicted molar refractivity (Wildman–Crippen MR) is 97.6 cm³/mol. The van der Waals surface area contributed by atoms with E-state index >= 15 is 0 Å². The molecule has 0 radical (unpaired) electrons. The zero-order valence-corrected chi connectivity index (χ0v) is 13.6. The largest absolute Gasteiger partial charge is 0.513 e. The molecule has 5 heteroatoms. The maximum absolute atomic E-state index is 9.57. The number of aliphatic hydroxyl groups is 1. The minimum absolute atomic E-state index is 0.617. The molecule has 2 aromatic carbocycles. The molecule has 5 nitrogen and oxygen atoms in total. The summed E-state index contributed by atoms with van der Waals surface area (Å²) in [4.78, 5) is 2.38. The van der Waals surface area contributed by atoms with Crippen LogP contribution in [0.3, 0.4) is 0 Å². The number of aliphatic hydroxyl groups excluding tert-OH is 1. The van der Waals surface area contributed by atoms with Gasteiger partial charge in [0, 0.05) is 25.2 Å². The van der Waals surface area contributed by atoms with Crippen LogP contribution in [-0.2, 0) is 11.3 Å². The third-order valence-electron chi connectivity index (χ3n) is 4.13. The van der Waals surface area contributed by atoms with E-state index in [1.165, 1.54) is 5.56 Å². The Morgan fingerprint density at radius 1 is 1.12 bits per heavy atom. The summed E-state index contributed by atoms with van der Waals surface area (Å²) in [5, 5.41) is 12.7. The van der Waals surface area contributed by atoms with Crippen LogP contribution in [-0.4, -0.2) is 36.3 Å². The molecule has 0 aliphatic carbocycles. The van der Waals surface area contributed by atoms with Crippen molar-refractivity contribution in [3.8, 4) is 0 Å². The Hall–Kier alpha value is -2.50. The Morgan fingerprint density at radius 2 is 1.83 bits per heavy atom. The van der Waals surface area contributed by atoms with E-state index in [0.717, 1.165) is 50.4 Å². The van der Waals surface area contributed by atoms with E-state index in [9.17, 15) is 5.11 Å². The molecule has 1 heterocycles. The molecule has 0 amide bonds. The zero-order chi connectivity index (χ0) is 16.8. The highest BCUT2D eigenvalue weighted by molar-refractivity contribution is 5.81. The predicted octanol–water partition coefficient (Wildman–Crippen LogP) is 3.07. The van der Waals surface area contributed by atoms with Crippen molar-refractivity contribution in [1.29, 1.82) is 0 Å². The number of nitrogens with one attached hydrogen (secondary N) is 1. The number of rotatable bonds is 5. The Bertz CT molecular complexity index is 692. The lowest BCUT2D eigenvalue weighted by Gasteiger charge is -2.26. The lowest BCUT2D eigenvalue weighted by molar-refractivity contribution is 0.0342. The van der Waals surface area contributed by atoms with Crippen molar-refractivity contribution < 1.29 is 9.84 Å². The summed E-state index contributed by atoms with van der Waals surface area (Å²) in [6, 6.07) is 15.7. The number of nitrogen functional groups attached to an aromatic ring is 1. The number of anilines is 2. The Labute approximate surface area is 142 Å². The lowest BCUT2D eigenvalue weighted by atomic mass is 10.1. The number of benzene rings is 2. The number of para-hydroxylation sites is 2. The fourth-order valence-electron chi connectivity index (χ4n) is 2.74. The van der Waals surface area contributed by atoms with Gasteiger partial charge in [-0.25, -0.2) is 0 Å². The van der Waals surface area contributed by atoms with Crippen molar-refractivity contribution in [2.45, 2.75) is 6.54 Å². The van der Waals surface area contributed by atoms with Gasteiger partial charge >= 0.3 is 0 Å². The summed E-state index contributed by atoms with van der Waals surface area (Å²) >= 11 is 0. The zero-order valence-electron chi connectivity index (χ0n) is 13.6. The van der Waals surface area contributed by atoms with Crippen molar-refractivity contribution in [2.75, 3.05) is 37.4 Å². The Balaban J connectivity index is 1.68. The number of hydrogen-bond acceptors (Lipinski definition) is 5. The van der Waals surface area contributed by atoms with Gasteiger partial charge < -0.3 is 20.9 Å². The minimum Gasteiger partial charge on any atom is -0.513 e. The maximum Gasteiger partial charge on any atom is 0.103 e. The van der Waals surface area contributed by atoms with E-state index in [2.05, 4.69) is 22.3 Å². The number of nitrogens with two attached hydrogens (primary N) is 1. The minimum atomic E-state index is 0.617. The van der Waals surface area contributed by atoms with E-state index < -0.39 is 0 Å². The summed E-state index contributed by atoms with van der Waals surface area (Å²) in [6.45, 7) is 4.47. The van der Waals surface area contributed by atoms with Gasteiger partial charge in [0.2, 0.25) is 0 Å². The second kappa shape index (κ2) is 7.86. The van der Waals surface area contributed by atoms with Crippen LogP contribution in [0.1, 0.15) is 11.1 Å². The number of ether oxygens (including phenoxy) is 1. The normalized spacial score (nSPS) is 16.1. The van der Waals surface area contributed by atoms with Crippen LogP contribution < -0.4 is 11.1 Å². The smallest absolute Gasteiger partial charge is 0.103 e. The van der Waals surface area contributed by atoms with Crippen molar-refractivity contribution in [3.05, 3.63) is 65.9 Å². The van der Waals surface area contributed by atoms with E-state index in [-0.39, 0.29) is 0 Å². The first-order chi connectivity index (χ1) is 11.8. The summed E-state index contributed by atoms with van der Waals surface area (Å²) in [7, 11) is 0. The van der Waals surface area contributed by atoms with Crippen LogP contribution in [0.4, 0.5) is 11.4 Å². The summed E-state index contributed by atoms with van der Waals surface area (Å²) in [6.07, 6.45) is 1.07. The lowest BCUT2D eigenvalue weighted by Crippen LogP contribution is -2.35. The van der Waals surface area contributed by atoms with E-state index in [1.807, 2.05) is 36.4 Å². The molecule has 0 spiro atoms. The van der Waals surface area contributed by atoms with Gasteiger partial charge in [-0.15, -0.1) is 0 Å². The quantitative estimate of drug-likeness (QED) is 0.582. The highest BCUT2D eigenvalue weighted by atomic mass is 16.5. The van der Waals surface area contributed by atoms with Gasteiger partial charge in [-0.2, -0.15) is 0 Å². The summed E-state index contributed by atoms with van der Waals surface area (Å²) in [5.41, 5.74) is 10.1. The van der Waals surface area contributed by atoms with Crippen LogP contribution in [0.2, 0.25) is 0 Å². The van der Waals surface area contributed by atoms with Crippen LogP contribution >= 0.6 is 0 Å². The number of nitrogens with zero attached hydrogens (tertiary/aromatic N) is 1. The first-order valence-corrected chi connectivity index (χ1v) is 8.11. The number of morpholine rings is 1. The third-order valence-corrected chi connectivity index (χ3v) is 4.13. The highest BCUT2D eigenvalue weighted by Gasteiger charge is 2.11. The van der Waals surface area contributed by atoms with Gasteiger partial charge in [0.15, 0.2) is 0 Å². The number of hydrogen-bond donors (Lipinski definition) is 3. The SMILES string of the molecule is Nc1ccccc1N/C(=C\O)c1ccc(CN2CCOCC2)cc1. The van der Waals surface area contributed by atoms with Crippen molar-refractivity contribution >= 4 is 17.1 Å². The van der Waals surface area contributed by atoms with Gasteiger partial charge in [-0.3, -0.25) is 4.90 Å². The fraction of sp³-hybridized carbons (Fsp3) is 0.263. The molecular formula is C19H23N3O2. The van der Waals surface area contributed by atoms with Gasteiger partial charge in [-0.05, 0) is 17.7 Å². The summed E-state index contributed by atoms with van der Waals surface area (Å²) < 4.78 is 5.37. The van der Waals surface area contributed by atoms with Gasteiger partial charge in [0.25, 0.3) is 0 Å². The molecule has 0 saturated carbocycles. The van der Waals surface area contributed by atoms with Crippen molar-refractivity contribution in [2.24, 2.45) is 0 Å². The van der Waals surface area contributed by atoms with Crippen LogP contribution in [0.25, 0.3) is 5.70 Å². The average molecular weight is 325 g/mol. The molecule has 3 rings (SSSR count). The first kappa shape index (κ1) is 16.4. The first-order valence-electron chi connectivity index (χ1n) is 8.11. The van der Waals surface area contributed by atoms with Gasteiger partial charge in [0.05, 0.1) is 30.3 Å². The van der Waals surface area contributed by atoms with Gasteiger partial charge in [-0.1, -0.05) is 36.4 Å². The molecule has 24 heavy (non-hydrogen) atoms. The fourth-order valence-corrected chi connectivity index (χ4v) is 2.74. The molecule has 1 aliphatic rings. The van der Waals surface area contributed by atoms with Crippen molar-refractivity contribution in [3.63, 3.8) is 0 Å². The Morgan fingerprint density at radius 3 is 2.50 bits per heavy atom. The molecule has 1 fully saturated rings. The van der Waals surface area contributed by atoms with Crippen LogP contribution in [0, 0.1) is 0 Å². The molecule has 4 N–H and O–H groups in total. The van der Waals surface area contributed by atoms with Crippen LogP contribution in [0.15, 0.2) is 54.8 Å². The molecule has 1 saturated heterocycles.